The lowest BCUT2D eigenvalue weighted by Crippen LogP contribution is -2.51. The third-order valence-corrected chi connectivity index (χ3v) is 14.3. The number of carbonyl (C=O) groups excluding carboxylic acids is 3. The molecule has 6 heteroatoms. The fourth-order valence-electron chi connectivity index (χ4n) is 11.4. The molecule has 4 aliphatic carbocycles. The number of unbranched alkanes of at least 4 members (excludes halogenated alkanes) is 8. The molecule has 0 aromatic carbocycles. The van der Waals surface area contributed by atoms with Gasteiger partial charge in [0.2, 0.25) is 11.8 Å². The number of ether oxygens (including phenoxy) is 1. The minimum absolute atomic E-state index is 0.0483. The maximum absolute atomic E-state index is 13.5. The molecular formula is C44H76N2O4. The van der Waals surface area contributed by atoms with Crippen LogP contribution in [0.15, 0.2) is 11.6 Å². The van der Waals surface area contributed by atoms with Crippen LogP contribution in [0.4, 0.5) is 0 Å². The highest BCUT2D eigenvalue weighted by atomic mass is 16.5. The molecular weight excluding hydrogens is 620 g/mol. The van der Waals surface area contributed by atoms with Crippen molar-refractivity contribution >= 4 is 17.8 Å². The number of nitrogens with two attached hydrogens (primary N) is 1. The molecule has 286 valence electrons. The van der Waals surface area contributed by atoms with Crippen molar-refractivity contribution < 1.29 is 19.1 Å². The lowest BCUT2D eigenvalue weighted by Gasteiger charge is -2.58. The van der Waals surface area contributed by atoms with Gasteiger partial charge in [0.1, 0.15) is 12.1 Å². The average Bonchev–Trinajstić information content (AvgIpc) is 3.43. The zero-order valence-corrected chi connectivity index (χ0v) is 33.2. The highest BCUT2D eigenvalue weighted by molar-refractivity contribution is 5.85. The molecule has 3 saturated carbocycles. The maximum Gasteiger partial charge on any atom is 0.328 e. The van der Waals surface area contributed by atoms with E-state index in [9.17, 15) is 14.4 Å². The molecule has 4 unspecified atom stereocenters. The van der Waals surface area contributed by atoms with Crippen LogP contribution in [0.1, 0.15) is 189 Å². The van der Waals surface area contributed by atoms with Gasteiger partial charge in [-0.25, -0.2) is 4.79 Å². The maximum atomic E-state index is 13.5. The first-order valence-corrected chi connectivity index (χ1v) is 21.4. The molecule has 0 aliphatic heterocycles. The van der Waals surface area contributed by atoms with Gasteiger partial charge in [0, 0.05) is 19.3 Å². The highest BCUT2D eigenvalue weighted by Gasteiger charge is 2.59. The molecule has 0 aromatic heterocycles. The quantitative estimate of drug-likeness (QED) is 0.0709. The van der Waals surface area contributed by atoms with Crippen LogP contribution in [0.25, 0.3) is 0 Å². The summed E-state index contributed by atoms with van der Waals surface area (Å²) in [5, 5.41) is 2.90. The first kappa shape index (κ1) is 40.9. The van der Waals surface area contributed by atoms with Gasteiger partial charge < -0.3 is 15.8 Å². The van der Waals surface area contributed by atoms with Crippen LogP contribution in [-0.2, 0) is 19.1 Å². The lowest BCUT2D eigenvalue weighted by molar-refractivity contribution is -0.155. The zero-order valence-electron chi connectivity index (χ0n) is 33.2. The Balaban J connectivity index is 1.29. The number of allylic oxidation sites excluding steroid dienone is 1. The van der Waals surface area contributed by atoms with Crippen LogP contribution in [-0.4, -0.2) is 29.9 Å². The van der Waals surface area contributed by atoms with Crippen molar-refractivity contribution in [1.82, 2.24) is 5.32 Å². The van der Waals surface area contributed by atoms with E-state index in [1.54, 1.807) is 0 Å². The Morgan fingerprint density at radius 2 is 1.54 bits per heavy atom. The SMILES string of the molecule is CCCCCCCCCCCC(=O)N[C@@H](CCC(N)=O)C(=O)OC1CC[C@@]2(C)C(=CCC3C2CC[C@@]2(C)C3CC[C@@H]2[C@H](C)CCCC(C)C)C1. The van der Waals surface area contributed by atoms with Crippen molar-refractivity contribution in [2.24, 2.45) is 52.1 Å². The molecule has 0 spiro atoms. The van der Waals surface area contributed by atoms with Crippen molar-refractivity contribution in [1.29, 1.82) is 0 Å². The third kappa shape index (κ3) is 10.6. The third-order valence-electron chi connectivity index (χ3n) is 14.3. The number of amides is 2. The summed E-state index contributed by atoms with van der Waals surface area (Å²) in [7, 11) is 0. The van der Waals surface area contributed by atoms with Crippen LogP contribution in [0.5, 0.6) is 0 Å². The minimum Gasteiger partial charge on any atom is -0.461 e. The van der Waals surface area contributed by atoms with Gasteiger partial charge in [-0.15, -0.1) is 0 Å². The number of carbonyl (C=O) groups is 3. The summed E-state index contributed by atoms with van der Waals surface area (Å²) in [4.78, 5) is 38.0. The average molecular weight is 697 g/mol. The Kier molecular flexibility index (Phi) is 15.8. The van der Waals surface area contributed by atoms with E-state index in [1.165, 1.54) is 95.5 Å². The summed E-state index contributed by atoms with van der Waals surface area (Å²) in [5.74, 6) is 3.78. The fourth-order valence-corrected chi connectivity index (χ4v) is 11.4. The van der Waals surface area contributed by atoms with Crippen molar-refractivity contribution in [3.8, 4) is 0 Å². The summed E-state index contributed by atoms with van der Waals surface area (Å²) >= 11 is 0. The molecule has 0 heterocycles. The summed E-state index contributed by atoms with van der Waals surface area (Å²) in [6.45, 7) is 14.7. The molecule has 0 saturated heterocycles. The normalized spacial score (nSPS) is 31.6. The van der Waals surface area contributed by atoms with E-state index in [2.05, 4.69) is 52.9 Å². The van der Waals surface area contributed by atoms with Crippen LogP contribution < -0.4 is 11.1 Å². The number of esters is 1. The summed E-state index contributed by atoms with van der Waals surface area (Å²) in [6, 6.07) is -0.828. The second-order valence-electron chi connectivity index (χ2n) is 18.3. The standard InChI is InChI=1S/C44H76N2O4/c1-7-8-9-10-11-12-13-14-15-19-41(48)46-39(24-25-40(45)47)42(49)50-34-26-28-43(5)33(30-34)20-21-35-37-23-22-36(32(4)18-16-17-31(2)3)44(37,6)29-27-38(35)43/h20,31-32,34-39H,7-19,21-30H2,1-6H3,(H2,45,47)(H,46,48)/t32-,34?,35?,36-,37?,38?,39+,43+,44-/m1/s1. The summed E-state index contributed by atoms with van der Waals surface area (Å²) in [5.41, 5.74) is 7.60. The molecule has 0 bridgehead atoms. The Morgan fingerprint density at radius 3 is 2.22 bits per heavy atom. The lowest BCUT2D eigenvalue weighted by atomic mass is 9.47. The number of hydrogen-bond acceptors (Lipinski definition) is 4. The second-order valence-corrected chi connectivity index (χ2v) is 18.3. The topological polar surface area (TPSA) is 98.5 Å². The molecule has 50 heavy (non-hydrogen) atoms. The first-order valence-electron chi connectivity index (χ1n) is 21.4. The van der Waals surface area contributed by atoms with Gasteiger partial charge in [0.25, 0.3) is 0 Å². The number of fused-ring (bicyclic) bond motifs is 5. The van der Waals surface area contributed by atoms with E-state index in [-0.39, 0.29) is 30.3 Å². The predicted octanol–water partition coefficient (Wildman–Crippen LogP) is 10.6. The van der Waals surface area contributed by atoms with Crippen LogP contribution in [0, 0.1) is 46.3 Å². The van der Waals surface area contributed by atoms with Gasteiger partial charge in [-0.2, -0.15) is 0 Å². The van der Waals surface area contributed by atoms with E-state index >= 15 is 0 Å². The van der Waals surface area contributed by atoms with Crippen molar-refractivity contribution in [3.05, 3.63) is 11.6 Å². The van der Waals surface area contributed by atoms with E-state index in [4.69, 9.17) is 10.5 Å². The van der Waals surface area contributed by atoms with Gasteiger partial charge >= 0.3 is 5.97 Å². The minimum atomic E-state index is -0.828. The largest absolute Gasteiger partial charge is 0.461 e. The molecule has 6 nitrogen and oxygen atoms in total. The Morgan fingerprint density at radius 1 is 0.840 bits per heavy atom. The molecule has 2 amide bonds. The Labute approximate surface area is 306 Å². The Bertz CT molecular complexity index is 1130. The number of nitrogens with one attached hydrogen (secondary N) is 1. The molecule has 9 atom stereocenters. The zero-order chi connectivity index (χ0) is 36.3. The Hall–Kier alpha value is -1.85. The number of hydrogen-bond donors (Lipinski definition) is 2. The van der Waals surface area contributed by atoms with Gasteiger partial charge in [-0.05, 0) is 104 Å². The van der Waals surface area contributed by atoms with Gasteiger partial charge in [0.15, 0.2) is 0 Å². The van der Waals surface area contributed by atoms with Crippen LogP contribution in [0.2, 0.25) is 0 Å². The monoisotopic (exact) mass is 697 g/mol. The number of rotatable bonds is 21. The molecule has 3 N–H and O–H groups in total. The summed E-state index contributed by atoms with van der Waals surface area (Å²) < 4.78 is 6.14. The van der Waals surface area contributed by atoms with Crippen molar-refractivity contribution in [3.63, 3.8) is 0 Å². The van der Waals surface area contributed by atoms with E-state index in [0.717, 1.165) is 74.0 Å². The first-order chi connectivity index (χ1) is 23.9. The fraction of sp³-hybridized carbons (Fsp3) is 0.886. The van der Waals surface area contributed by atoms with Gasteiger partial charge in [-0.3, -0.25) is 9.59 Å². The van der Waals surface area contributed by atoms with Gasteiger partial charge in [-0.1, -0.05) is 124 Å². The predicted molar refractivity (Wildman–Crippen MR) is 205 cm³/mol. The van der Waals surface area contributed by atoms with E-state index in [1.807, 2.05) is 0 Å². The molecule has 4 aliphatic rings. The smallest absolute Gasteiger partial charge is 0.328 e. The molecule has 0 aromatic rings. The molecule has 0 radical (unpaired) electrons. The van der Waals surface area contributed by atoms with Crippen LogP contribution in [0.3, 0.4) is 0 Å². The highest BCUT2D eigenvalue weighted by Crippen LogP contribution is 2.67. The van der Waals surface area contributed by atoms with Crippen molar-refractivity contribution in [2.45, 2.75) is 201 Å². The number of primary amides is 1. The van der Waals surface area contributed by atoms with Crippen LogP contribution >= 0.6 is 0 Å². The van der Waals surface area contributed by atoms with Crippen molar-refractivity contribution in [2.75, 3.05) is 0 Å². The van der Waals surface area contributed by atoms with E-state index < -0.39 is 17.9 Å². The van der Waals surface area contributed by atoms with Gasteiger partial charge in [0.05, 0.1) is 0 Å². The summed E-state index contributed by atoms with van der Waals surface area (Å²) in [6.07, 6.45) is 27.1. The molecule has 4 rings (SSSR count). The second kappa shape index (κ2) is 19.3. The van der Waals surface area contributed by atoms with E-state index in [0.29, 0.717) is 11.8 Å². The molecule has 3 fully saturated rings.